The summed E-state index contributed by atoms with van der Waals surface area (Å²) in [5, 5.41) is 18.5. The van der Waals surface area contributed by atoms with E-state index in [1.807, 2.05) is 0 Å². The Balaban J connectivity index is 2.01. The third-order valence-electron chi connectivity index (χ3n) is 3.73. The maximum atomic E-state index is 12.0. The quantitative estimate of drug-likeness (QED) is 0.692. The highest BCUT2D eigenvalue weighted by atomic mass is 16.4. The summed E-state index contributed by atoms with van der Waals surface area (Å²) >= 11 is 0. The topological polar surface area (TPSA) is 77.8 Å². The smallest absolute Gasteiger partial charge is 0.307 e. The SMILES string of the molecule is CC1(O)CN(C(=O)[C@H]2[C@@H](C(=O)O)C2(C)C)C1. The van der Waals surface area contributed by atoms with Gasteiger partial charge in [-0.3, -0.25) is 9.59 Å². The Hall–Kier alpha value is -1.10. The third kappa shape index (κ3) is 1.50. The van der Waals surface area contributed by atoms with Crippen molar-refractivity contribution < 1.29 is 19.8 Å². The van der Waals surface area contributed by atoms with Crippen LogP contribution in [0.3, 0.4) is 0 Å². The lowest BCUT2D eigenvalue weighted by Gasteiger charge is -2.44. The predicted octanol–water partition coefficient (Wildman–Crippen LogP) is -0.0636. The zero-order valence-corrected chi connectivity index (χ0v) is 9.73. The van der Waals surface area contributed by atoms with Crippen molar-refractivity contribution in [3.63, 3.8) is 0 Å². The molecule has 0 aromatic rings. The molecule has 0 radical (unpaired) electrons. The van der Waals surface area contributed by atoms with Gasteiger partial charge in [0.2, 0.25) is 5.91 Å². The van der Waals surface area contributed by atoms with Crippen molar-refractivity contribution in [3.8, 4) is 0 Å². The van der Waals surface area contributed by atoms with Gasteiger partial charge < -0.3 is 15.1 Å². The lowest BCUT2D eigenvalue weighted by atomic mass is 9.95. The molecule has 0 aromatic heterocycles. The Labute approximate surface area is 94.0 Å². The Kier molecular flexibility index (Phi) is 2.11. The van der Waals surface area contributed by atoms with Crippen LogP contribution in [-0.2, 0) is 9.59 Å². The minimum atomic E-state index is -0.907. The van der Waals surface area contributed by atoms with Crippen molar-refractivity contribution in [2.75, 3.05) is 13.1 Å². The zero-order chi connectivity index (χ0) is 12.3. The summed E-state index contributed by atoms with van der Waals surface area (Å²) < 4.78 is 0. The maximum absolute atomic E-state index is 12.0. The van der Waals surface area contributed by atoms with Gasteiger partial charge in [0.1, 0.15) is 0 Å². The van der Waals surface area contributed by atoms with E-state index in [0.717, 1.165) is 0 Å². The number of carbonyl (C=O) groups is 2. The fraction of sp³-hybridized carbons (Fsp3) is 0.818. The second kappa shape index (κ2) is 2.97. The molecule has 2 rings (SSSR count). The highest BCUT2D eigenvalue weighted by Crippen LogP contribution is 2.59. The van der Waals surface area contributed by atoms with E-state index in [1.54, 1.807) is 20.8 Å². The van der Waals surface area contributed by atoms with Crippen molar-refractivity contribution in [2.24, 2.45) is 17.3 Å². The van der Waals surface area contributed by atoms with Gasteiger partial charge in [-0.1, -0.05) is 13.8 Å². The predicted molar refractivity (Wildman–Crippen MR) is 55.6 cm³/mol. The number of nitrogens with zero attached hydrogens (tertiary/aromatic N) is 1. The van der Waals surface area contributed by atoms with Crippen LogP contribution in [-0.4, -0.2) is 45.7 Å². The van der Waals surface area contributed by atoms with E-state index in [1.165, 1.54) is 4.90 Å². The van der Waals surface area contributed by atoms with Crippen molar-refractivity contribution in [3.05, 3.63) is 0 Å². The van der Waals surface area contributed by atoms with Crippen LogP contribution in [0.25, 0.3) is 0 Å². The molecule has 1 heterocycles. The lowest BCUT2D eigenvalue weighted by molar-refractivity contribution is -0.155. The molecule has 1 amide bonds. The fourth-order valence-corrected chi connectivity index (χ4v) is 2.69. The summed E-state index contributed by atoms with van der Waals surface area (Å²) in [6, 6.07) is 0. The van der Waals surface area contributed by atoms with Crippen molar-refractivity contribution in [1.82, 2.24) is 4.90 Å². The van der Waals surface area contributed by atoms with Gasteiger partial charge in [0.15, 0.2) is 0 Å². The summed E-state index contributed by atoms with van der Waals surface area (Å²) in [6.07, 6.45) is 0. The molecule has 1 aliphatic heterocycles. The molecule has 2 atom stereocenters. The van der Waals surface area contributed by atoms with Gasteiger partial charge in [-0.25, -0.2) is 0 Å². The molecule has 1 aliphatic carbocycles. The van der Waals surface area contributed by atoms with E-state index in [-0.39, 0.29) is 5.91 Å². The second-order valence-corrected chi connectivity index (χ2v) is 5.81. The molecule has 2 aliphatic rings. The largest absolute Gasteiger partial charge is 0.481 e. The first kappa shape index (κ1) is 11.4. The number of carboxylic acids is 1. The van der Waals surface area contributed by atoms with Crippen LogP contribution in [0.5, 0.6) is 0 Å². The van der Waals surface area contributed by atoms with Gasteiger partial charge in [0.05, 0.1) is 30.5 Å². The monoisotopic (exact) mass is 227 g/mol. The van der Waals surface area contributed by atoms with E-state index in [2.05, 4.69) is 0 Å². The molecule has 16 heavy (non-hydrogen) atoms. The van der Waals surface area contributed by atoms with E-state index >= 15 is 0 Å². The number of hydrogen-bond acceptors (Lipinski definition) is 3. The molecule has 0 spiro atoms. The number of β-amino-alcohol motifs (C(OH)–C–C–N with tert-alkyl or cyclic N) is 1. The van der Waals surface area contributed by atoms with Crippen LogP contribution in [0.4, 0.5) is 0 Å². The van der Waals surface area contributed by atoms with Gasteiger partial charge in [0, 0.05) is 0 Å². The Morgan fingerprint density at radius 3 is 2.00 bits per heavy atom. The normalized spacial score (nSPS) is 34.1. The van der Waals surface area contributed by atoms with E-state index in [0.29, 0.717) is 13.1 Å². The number of hydrogen-bond donors (Lipinski definition) is 2. The number of carbonyl (C=O) groups excluding carboxylic acids is 1. The number of amides is 1. The Bertz CT molecular complexity index is 353. The molecule has 5 nitrogen and oxygen atoms in total. The molecule has 2 fully saturated rings. The lowest BCUT2D eigenvalue weighted by Crippen LogP contribution is -2.62. The minimum absolute atomic E-state index is 0.135. The average Bonchev–Trinajstić information content (AvgIpc) is 2.63. The number of carboxylic acid groups (broad SMARTS) is 1. The van der Waals surface area contributed by atoms with Crippen LogP contribution in [0.15, 0.2) is 0 Å². The summed E-state index contributed by atoms with van der Waals surface area (Å²) in [7, 11) is 0. The van der Waals surface area contributed by atoms with Crippen molar-refractivity contribution >= 4 is 11.9 Å². The van der Waals surface area contributed by atoms with E-state index in [4.69, 9.17) is 5.11 Å². The summed E-state index contributed by atoms with van der Waals surface area (Å²) in [4.78, 5) is 24.4. The Morgan fingerprint density at radius 1 is 1.19 bits per heavy atom. The van der Waals surface area contributed by atoms with Gasteiger partial charge >= 0.3 is 5.97 Å². The highest BCUT2D eigenvalue weighted by Gasteiger charge is 2.67. The van der Waals surface area contributed by atoms with Gasteiger partial charge in [-0.05, 0) is 12.3 Å². The Morgan fingerprint density at radius 2 is 1.69 bits per heavy atom. The van der Waals surface area contributed by atoms with Crippen molar-refractivity contribution in [1.29, 1.82) is 0 Å². The van der Waals surface area contributed by atoms with Crippen LogP contribution in [0, 0.1) is 17.3 Å². The van der Waals surface area contributed by atoms with Crippen LogP contribution >= 0.6 is 0 Å². The first-order valence-electron chi connectivity index (χ1n) is 5.41. The molecule has 0 unspecified atom stereocenters. The van der Waals surface area contributed by atoms with Gasteiger partial charge in [0.25, 0.3) is 0 Å². The van der Waals surface area contributed by atoms with Gasteiger partial charge in [-0.15, -0.1) is 0 Å². The number of aliphatic hydroxyl groups is 1. The van der Waals surface area contributed by atoms with Crippen LogP contribution < -0.4 is 0 Å². The van der Waals surface area contributed by atoms with E-state index in [9.17, 15) is 14.7 Å². The molecule has 0 aromatic carbocycles. The second-order valence-electron chi connectivity index (χ2n) is 5.81. The molecule has 90 valence electrons. The maximum Gasteiger partial charge on any atom is 0.307 e. The molecule has 2 N–H and O–H groups in total. The molecular formula is C11H17NO4. The number of rotatable bonds is 2. The number of likely N-dealkylation sites (tertiary alicyclic amines) is 1. The summed E-state index contributed by atoms with van der Waals surface area (Å²) in [5.41, 5.74) is -1.25. The highest BCUT2D eigenvalue weighted by molar-refractivity contribution is 5.92. The zero-order valence-electron chi connectivity index (χ0n) is 9.73. The molecular weight excluding hydrogens is 210 g/mol. The van der Waals surface area contributed by atoms with Crippen LogP contribution in [0.1, 0.15) is 20.8 Å². The fourth-order valence-electron chi connectivity index (χ4n) is 2.69. The first-order valence-corrected chi connectivity index (χ1v) is 5.41. The first-order chi connectivity index (χ1) is 7.17. The molecule has 1 saturated heterocycles. The minimum Gasteiger partial charge on any atom is -0.481 e. The summed E-state index contributed by atoms with van der Waals surface area (Å²) in [5.74, 6) is -2.05. The molecule has 0 bridgehead atoms. The summed E-state index contributed by atoms with van der Waals surface area (Å²) in [6.45, 7) is 5.89. The van der Waals surface area contributed by atoms with Crippen molar-refractivity contribution in [2.45, 2.75) is 26.4 Å². The standard InChI is InChI=1S/C11H17NO4/c1-10(2)6(7(10)9(14)15)8(13)12-4-11(3,16)5-12/h6-7,16H,4-5H2,1-3H3,(H,14,15)/t6-,7+/m1/s1. The third-order valence-corrected chi connectivity index (χ3v) is 3.73. The van der Waals surface area contributed by atoms with Gasteiger partial charge in [-0.2, -0.15) is 0 Å². The molecule has 1 saturated carbocycles. The molecule has 5 heteroatoms. The number of aliphatic carboxylic acids is 1. The average molecular weight is 227 g/mol. The van der Waals surface area contributed by atoms with E-state index < -0.39 is 28.8 Å². The van der Waals surface area contributed by atoms with Crippen LogP contribution in [0.2, 0.25) is 0 Å².